The molecule has 1 aliphatic rings. The fourth-order valence-corrected chi connectivity index (χ4v) is 2.03. The van der Waals surface area contributed by atoms with E-state index in [-0.39, 0.29) is 5.75 Å². The van der Waals surface area contributed by atoms with Crippen LogP contribution in [0, 0.1) is 6.92 Å². The average Bonchev–Trinajstić information content (AvgIpc) is 2.50. The predicted molar refractivity (Wildman–Crippen MR) is 73.5 cm³/mol. The van der Waals surface area contributed by atoms with Crippen LogP contribution in [0.4, 0.5) is 8.78 Å². The summed E-state index contributed by atoms with van der Waals surface area (Å²) < 4.78 is 40.7. The van der Waals surface area contributed by atoms with Gasteiger partial charge in [0, 0.05) is 0 Å². The van der Waals surface area contributed by atoms with Crippen molar-refractivity contribution in [2.75, 3.05) is 0 Å². The molecule has 0 aromatic heterocycles. The van der Waals surface area contributed by atoms with Crippen molar-refractivity contribution < 1.29 is 22.8 Å². The molecule has 110 valence electrons. The third-order valence-electron chi connectivity index (χ3n) is 3.94. The van der Waals surface area contributed by atoms with Gasteiger partial charge in [0.2, 0.25) is 0 Å². The maximum atomic E-state index is 12.2. The smallest absolute Gasteiger partial charge is 0.435 e. The first-order valence-corrected chi connectivity index (χ1v) is 6.53. The van der Waals surface area contributed by atoms with Gasteiger partial charge in [-0.3, -0.25) is 0 Å². The second-order valence-corrected chi connectivity index (χ2v) is 5.99. The predicted octanol–water partition coefficient (Wildman–Crippen LogP) is 2.90. The van der Waals surface area contributed by atoms with Crippen LogP contribution in [0.2, 0.25) is 0 Å². The molecule has 0 radical (unpaired) electrons. The number of benzene rings is 1. The lowest BCUT2D eigenvalue weighted by Crippen LogP contribution is -2.41. The minimum atomic E-state index is -2.82. The Kier molecular flexibility index (Phi) is 3.82. The maximum absolute atomic E-state index is 12.2. The third-order valence-corrected chi connectivity index (χ3v) is 3.94. The highest BCUT2D eigenvalue weighted by Gasteiger charge is 2.51. The summed E-state index contributed by atoms with van der Waals surface area (Å²) in [6.45, 7) is 6.76. The zero-order valence-electron chi connectivity index (χ0n) is 12.4. The summed E-state index contributed by atoms with van der Waals surface area (Å²) in [5.41, 5.74) is 0.563. The van der Waals surface area contributed by atoms with Crippen molar-refractivity contribution in [1.29, 1.82) is 0 Å². The number of alkyl halides is 2. The Morgan fingerprint density at radius 1 is 1.10 bits per heavy atom. The average molecular weight is 284 g/mol. The van der Waals surface area contributed by atoms with Crippen LogP contribution in [0.3, 0.4) is 0 Å². The van der Waals surface area contributed by atoms with E-state index in [4.69, 9.17) is 9.31 Å². The van der Waals surface area contributed by atoms with E-state index < -0.39 is 24.9 Å². The van der Waals surface area contributed by atoms with Crippen molar-refractivity contribution in [3.05, 3.63) is 23.8 Å². The quantitative estimate of drug-likeness (QED) is 0.799. The Morgan fingerprint density at radius 2 is 1.65 bits per heavy atom. The van der Waals surface area contributed by atoms with E-state index in [2.05, 4.69) is 4.74 Å². The van der Waals surface area contributed by atoms with Crippen molar-refractivity contribution in [3.63, 3.8) is 0 Å². The molecule has 0 N–H and O–H groups in total. The molecule has 1 aromatic rings. The van der Waals surface area contributed by atoms with Crippen molar-refractivity contribution in [2.45, 2.75) is 52.4 Å². The minimum Gasteiger partial charge on any atom is -0.435 e. The van der Waals surface area contributed by atoms with Crippen LogP contribution in [0.15, 0.2) is 18.2 Å². The molecule has 0 saturated carbocycles. The number of aryl methyl sites for hydroxylation is 1. The maximum Gasteiger partial charge on any atom is 0.494 e. The van der Waals surface area contributed by atoms with Crippen LogP contribution >= 0.6 is 0 Å². The molecular weight excluding hydrogens is 265 g/mol. The Balaban J connectivity index is 2.22. The van der Waals surface area contributed by atoms with Crippen LogP contribution in [0.5, 0.6) is 5.75 Å². The second kappa shape index (κ2) is 5.00. The molecule has 0 unspecified atom stereocenters. The lowest BCUT2D eigenvalue weighted by atomic mass is 9.78. The standard InChI is InChI=1S/C14H19BF2O3/c1-9-8-10(6-7-11(9)18-12(16)17)15-19-13(2,3)14(4,5)20-15/h6-8,12H,1-5H3. The Bertz CT molecular complexity index is 487. The van der Waals surface area contributed by atoms with Gasteiger partial charge < -0.3 is 14.0 Å². The second-order valence-electron chi connectivity index (χ2n) is 5.99. The van der Waals surface area contributed by atoms with E-state index in [1.54, 1.807) is 19.1 Å². The topological polar surface area (TPSA) is 27.7 Å². The van der Waals surface area contributed by atoms with Gasteiger partial charge in [0.15, 0.2) is 0 Å². The Hall–Kier alpha value is -1.14. The van der Waals surface area contributed by atoms with Crippen molar-refractivity contribution in [1.82, 2.24) is 0 Å². The molecule has 1 aromatic carbocycles. The third kappa shape index (κ3) is 2.81. The van der Waals surface area contributed by atoms with Gasteiger partial charge in [-0.25, -0.2) is 0 Å². The highest BCUT2D eigenvalue weighted by Crippen LogP contribution is 2.36. The summed E-state index contributed by atoms with van der Waals surface area (Å²) in [4.78, 5) is 0. The largest absolute Gasteiger partial charge is 0.494 e. The molecule has 2 rings (SSSR count). The van der Waals surface area contributed by atoms with Gasteiger partial charge in [0.05, 0.1) is 11.2 Å². The summed E-state index contributed by atoms with van der Waals surface area (Å²) in [5, 5.41) is 0. The van der Waals surface area contributed by atoms with Gasteiger partial charge in [0.1, 0.15) is 5.75 Å². The van der Waals surface area contributed by atoms with Gasteiger partial charge >= 0.3 is 13.7 Å². The lowest BCUT2D eigenvalue weighted by Gasteiger charge is -2.32. The molecule has 20 heavy (non-hydrogen) atoms. The number of ether oxygens (including phenoxy) is 1. The molecule has 3 nitrogen and oxygen atoms in total. The zero-order valence-corrected chi connectivity index (χ0v) is 12.4. The minimum absolute atomic E-state index is 0.167. The van der Waals surface area contributed by atoms with Crippen LogP contribution in [0.25, 0.3) is 0 Å². The zero-order chi connectivity index (χ0) is 15.1. The monoisotopic (exact) mass is 284 g/mol. The van der Waals surface area contributed by atoms with Gasteiger partial charge in [0.25, 0.3) is 0 Å². The van der Waals surface area contributed by atoms with Gasteiger partial charge in [-0.2, -0.15) is 8.78 Å². The number of halogens is 2. The van der Waals surface area contributed by atoms with E-state index in [1.165, 1.54) is 6.07 Å². The highest BCUT2D eigenvalue weighted by molar-refractivity contribution is 6.62. The van der Waals surface area contributed by atoms with Crippen LogP contribution in [0.1, 0.15) is 33.3 Å². The fourth-order valence-electron chi connectivity index (χ4n) is 2.03. The molecule has 1 aliphatic heterocycles. The van der Waals surface area contributed by atoms with Crippen LogP contribution in [-0.2, 0) is 9.31 Å². The fraction of sp³-hybridized carbons (Fsp3) is 0.571. The summed E-state index contributed by atoms with van der Waals surface area (Å²) in [6, 6.07) is 4.95. The molecule has 0 spiro atoms. The van der Waals surface area contributed by atoms with Gasteiger partial charge in [-0.1, -0.05) is 12.1 Å². The van der Waals surface area contributed by atoms with Crippen molar-refractivity contribution in [3.8, 4) is 5.75 Å². The van der Waals surface area contributed by atoms with Crippen molar-refractivity contribution in [2.24, 2.45) is 0 Å². The summed E-state index contributed by atoms with van der Waals surface area (Å²) >= 11 is 0. The van der Waals surface area contributed by atoms with E-state index in [9.17, 15) is 8.78 Å². The number of hydrogen-bond acceptors (Lipinski definition) is 3. The first-order valence-electron chi connectivity index (χ1n) is 6.53. The molecular formula is C14H19BF2O3. The molecule has 6 heteroatoms. The van der Waals surface area contributed by atoms with Crippen LogP contribution < -0.4 is 10.2 Å². The molecule has 0 atom stereocenters. The van der Waals surface area contributed by atoms with Gasteiger partial charge in [-0.05, 0) is 51.7 Å². The molecule has 1 heterocycles. The first-order chi connectivity index (χ1) is 9.12. The number of rotatable bonds is 3. The summed E-state index contributed by atoms with van der Waals surface area (Å²) in [6.07, 6.45) is 0. The van der Waals surface area contributed by atoms with Crippen LogP contribution in [-0.4, -0.2) is 24.9 Å². The highest BCUT2D eigenvalue weighted by atomic mass is 19.3. The summed E-state index contributed by atoms with van der Waals surface area (Å²) in [5.74, 6) is 0.167. The molecule has 0 aliphatic carbocycles. The van der Waals surface area contributed by atoms with Crippen molar-refractivity contribution >= 4 is 12.6 Å². The SMILES string of the molecule is Cc1cc(B2OC(C)(C)C(C)(C)O2)ccc1OC(F)F. The van der Waals surface area contributed by atoms with Gasteiger partial charge in [-0.15, -0.1) is 0 Å². The molecule has 0 amide bonds. The van der Waals surface area contributed by atoms with E-state index in [0.717, 1.165) is 5.46 Å². The Morgan fingerprint density at radius 3 is 2.10 bits per heavy atom. The normalized spacial score (nSPS) is 20.5. The molecule has 1 saturated heterocycles. The summed E-state index contributed by atoms with van der Waals surface area (Å²) in [7, 11) is -0.501. The van der Waals surface area contributed by atoms with E-state index in [0.29, 0.717) is 5.56 Å². The first kappa shape index (κ1) is 15.3. The lowest BCUT2D eigenvalue weighted by molar-refractivity contribution is -0.0502. The number of hydrogen-bond donors (Lipinski definition) is 0. The molecule has 1 fully saturated rings. The van der Waals surface area contributed by atoms with E-state index in [1.807, 2.05) is 27.7 Å². The molecule has 0 bridgehead atoms. The Labute approximate surface area is 118 Å². The van der Waals surface area contributed by atoms with E-state index >= 15 is 0 Å².